The molecule has 0 bridgehead atoms. The summed E-state index contributed by atoms with van der Waals surface area (Å²) in [6.45, 7) is 1.92. The Morgan fingerprint density at radius 1 is 1.70 bits per heavy atom. The third-order valence-electron chi connectivity index (χ3n) is 0.759. The Hall–Kier alpha value is -1.32. The van der Waals surface area contributed by atoms with E-state index >= 15 is 0 Å². The fourth-order valence-electron chi connectivity index (χ4n) is 0.356. The van der Waals surface area contributed by atoms with Crippen LogP contribution in [0, 0.1) is 0 Å². The van der Waals surface area contributed by atoms with Gasteiger partial charge in [0.1, 0.15) is 12.0 Å². The molecule has 0 amide bonds. The fraction of sp³-hybridized carbons (Fsp3) is 0.333. The Morgan fingerprint density at radius 3 is 2.70 bits per heavy atom. The van der Waals surface area contributed by atoms with Crippen LogP contribution in [0.2, 0.25) is 0 Å². The van der Waals surface area contributed by atoms with Crippen molar-refractivity contribution in [1.29, 1.82) is 0 Å². The van der Waals surface area contributed by atoms with Gasteiger partial charge >= 0.3 is 5.97 Å². The van der Waals surface area contributed by atoms with Gasteiger partial charge in [-0.1, -0.05) is 0 Å². The predicted octanol–water partition coefficient (Wildman–Crippen LogP) is -0.409. The zero-order valence-corrected chi connectivity index (χ0v) is 5.66. The monoisotopic (exact) mass is 143 g/mol. The predicted molar refractivity (Wildman–Crippen MR) is 35.0 cm³/mol. The molecule has 0 aromatic heterocycles. The lowest BCUT2D eigenvalue weighted by molar-refractivity contribution is -0.138. The molecule has 0 unspecified atom stereocenters. The number of aldehydes is 1. The van der Waals surface area contributed by atoms with Crippen LogP contribution < -0.4 is 5.73 Å². The van der Waals surface area contributed by atoms with Gasteiger partial charge in [0.05, 0.1) is 6.61 Å². The van der Waals surface area contributed by atoms with Gasteiger partial charge in [0, 0.05) is 6.08 Å². The molecule has 0 aliphatic rings. The second kappa shape index (κ2) is 4.55. The fourth-order valence-corrected chi connectivity index (χ4v) is 0.356. The smallest absolute Gasteiger partial charge is 0.354 e. The van der Waals surface area contributed by atoms with Crippen molar-refractivity contribution in [3.05, 3.63) is 11.8 Å². The summed E-state index contributed by atoms with van der Waals surface area (Å²) in [5, 5.41) is 0. The van der Waals surface area contributed by atoms with Crippen LogP contribution in [0.25, 0.3) is 0 Å². The van der Waals surface area contributed by atoms with E-state index in [1.807, 2.05) is 0 Å². The van der Waals surface area contributed by atoms with Gasteiger partial charge in [-0.2, -0.15) is 0 Å². The summed E-state index contributed by atoms with van der Waals surface area (Å²) in [6, 6.07) is 0. The zero-order valence-electron chi connectivity index (χ0n) is 5.66. The molecule has 4 heteroatoms. The normalized spacial score (nSPS) is 10.7. The molecule has 0 aliphatic carbocycles. The van der Waals surface area contributed by atoms with E-state index in [0.29, 0.717) is 6.29 Å². The largest absolute Gasteiger partial charge is 0.461 e. The molecule has 4 nitrogen and oxygen atoms in total. The Balaban J connectivity index is 3.93. The maximum absolute atomic E-state index is 10.6. The Labute approximate surface area is 58.7 Å². The van der Waals surface area contributed by atoms with Gasteiger partial charge in [0.25, 0.3) is 0 Å². The lowest BCUT2D eigenvalue weighted by Crippen LogP contribution is -2.14. The Morgan fingerprint density at radius 2 is 2.30 bits per heavy atom. The standard InChI is InChI=1S/C6H9NO3/c1-2-10-6(9)5(7)3-4-8/h3-4H,2,7H2,1H3/b5-3+. The highest BCUT2D eigenvalue weighted by atomic mass is 16.5. The number of esters is 1. The van der Waals surface area contributed by atoms with Crippen LogP contribution in [0.1, 0.15) is 6.92 Å². The van der Waals surface area contributed by atoms with Crippen molar-refractivity contribution in [2.45, 2.75) is 6.92 Å². The van der Waals surface area contributed by atoms with Crippen LogP contribution >= 0.6 is 0 Å². The molecule has 0 saturated heterocycles. The number of carbonyl (C=O) groups is 2. The molecule has 0 aromatic carbocycles. The van der Waals surface area contributed by atoms with Gasteiger partial charge in [-0.15, -0.1) is 0 Å². The van der Waals surface area contributed by atoms with Crippen molar-refractivity contribution in [2.24, 2.45) is 5.73 Å². The van der Waals surface area contributed by atoms with Gasteiger partial charge in [-0.05, 0) is 6.92 Å². The zero-order chi connectivity index (χ0) is 7.98. The van der Waals surface area contributed by atoms with E-state index in [2.05, 4.69) is 4.74 Å². The first kappa shape index (κ1) is 8.68. The molecule has 0 aliphatic heterocycles. The summed E-state index contributed by atoms with van der Waals surface area (Å²) in [5.41, 5.74) is 4.90. The minimum atomic E-state index is -0.658. The molecular weight excluding hydrogens is 134 g/mol. The minimum absolute atomic E-state index is 0.170. The number of rotatable bonds is 3. The van der Waals surface area contributed by atoms with Gasteiger partial charge in [-0.25, -0.2) is 4.79 Å². The van der Waals surface area contributed by atoms with Crippen LogP contribution in [-0.2, 0) is 14.3 Å². The van der Waals surface area contributed by atoms with Crippen LogP contribution in [0.15, 0.2) is 11.8 Å². The molecule has 0 radical (unpaired) electrons. The summed E-state index contributed by atoms with van der Waals surface area (Å²) in [7, 11) is 0. The van der Waals surface area contributed by atoms with Crippen LogP contribution in [-0.4, -0.2) is 18.9 Å². The molecule has 10 heavy (non-hydrogen) atoms. The van der Waals surface area contributed by atoms with Crippen molar-refractivity contribution < 1.29 is 14.3 Å². The lowest BCUT2D eigenvalue weighted by Gasteiger charge is -1.98. The first-order valence-electron chi connectivity index (χ1n) is 2.80. The maximum atomic E-state index is 10.6. The maximum Gasteiger partial charge on any atom is 0.354 e. The molecule has 56 valence electrons. The van der Waals surface area contributed by atoms with Gasteiger partial charge in [-0.3, -0.25) is 4.79 Å². The molecule has 0 heterocycles. The van der Waals surface area contributed by atoms with Gasteiger partial charge in [0.2, 0.25) is 0 Å². The van der Waals surface area contributed by atoms with E-state index in [1.165, 1.54) is 0 Å². The number of ether oxygens (including phenoxy) is 1. The topological polar surface area (TPSA) is 69.4 Å². The van der Waals surface area contributed by atoms with Gasteiger partial charge in [0.15, 0.2) is 0 Å². The summed E-state index contributed by atoms with van der Waals surface area (Å²) in [5.74, 6) is -0.658. The van der Waals surface area contributed by atoms with E-state index in [-0.39, 0.29) is 12.3 Å². The molecule has 0 spiro atoms. The minimum Gasteiger partial charge on any atom is -0.461 e. The molecular formula is C6H9NO3. The first-order chi connectivity index (χ1) is 4.72. The Bertz CT molecular complexity index is 162. The highest BCUT2D eigenvalue weighted by Gasteiger charge is 2.02. The SMILES string of the molecule is CCOC(=O)/C(N)=C\C=O. The average Bonchev–Trinajstić information content (AvgIpc) is 1.89. The lowest BCUT2D eigenvalue weighted by atomic mass is 10.4. The molecule has 0 atom stereocenters. The molecule has 0 saturated carbocycles. The highest BCUT2D eigenvalue weighted by Crippen LogP contribution is 1.86. The van der Waals surface area contributed by atoms with Crippen LogP contribution in [0.3, 0.4) is 0 Å². The highest BCUT2D eigenvalue weighted by molar-refractivity contribution is 5.91. The van der Waals surface area contributed by atoms with Crippen LogP contribution in [0.4, 0.5) is 0 Å². The van der Waals surface area contributed by atoms with Gasteiger partial charge < -0.3 is 10.5 Å². The number of carbonyl (C=O) groups excluding carboxylic acids is 2. The summed E-state index contributed by atoms with van der Waals surface area (Å²) < 4.78 is 4.47. The molecule has 0 aromatic rings. The Kier molecular flexibility index (Phi) is 3.95. The molecule has 0 rings (SSSR count). The third-order valence-corrected chi connectivity index (χ3v) is 0.759. The van der Waals surface area contributed by atoms with E-state index in [1.54, 1.807) is 6.92 Å². The van der Waals surface area contributed by atoms with E-state index in [9.17, 15) is 9.59 Å². The van der Waals surface area contributed by atoms with E-state index in [0.717, 1.165) is 6.08 Å². The molecule has 0 fully saturated rings. The van der Waals surface area contributed by atoms with Crippen molar-refractivity contribution in [2.75, 3.05) is 6.61 Å². The second-order valence-corrected chi connectivity index (χ2v) is 1.48. The molecule has 2 N–H and O–H groups in total. The summed E-state index contributed by atoms with van der Waals surface area (Å²) in [6.07, 6.45) is 1.39. The van der Waals surface area contributed by atoms with Crippen molar-refractivity contribution in [3.63, 3.8) is 0 Å². The first-order valence-corrected chi connectivity index (χ1v) is 2.80. The second-order valence-electron chi connectivity index (χ2n) is 1.48. The van der Waals surface area contributed by atoms with E-state index in [4.69, 9.17) is 5.73 Å². The summed E-state index contributed by atoms with van der Waals surface area (Å²) in [4.78, 5) is 20.3. The summed E-state index contributed by atoms with van der Waals surface area (Å²) >= 11 is 0. The number of hydrogen-bond donors (Lipinski definition) is 1. The average molecular weight is 143 g/mol. The quantitative estimate of drug-likeness (QED) is 0.331. The van der Waals surface area contributed by atoms with Crippen LogP contribution in [0.5, 0.6) is 0 Å². The number of nitrogens with two attached hydrogens (primary N) is 1. The third kappa shape index (κ3) is 2.86. The number of hydrogen-bond acceptors (Lipinski definition) is 4. The van der Waals surface area contributed by atoms with Crippen molar-refractivity contribution >= 4 is 12.3 Å². The number of allylic oxidation sites excluding steroid dienone is 1. The van der Waals surface area contributed by atoms with E-state index < -0.39 is 5.97 Å². The van der Waals surface area contributed by atoms with Crippen molar-refractivity contribution in [3.8, 4) is 0 Å². The van der Waals surface area contributed by atoms with Crippen molar-refractivity contribution in [1.82, 2.24) is 0 Å².